The summed E-state index contributed by atoms with van der Waals surface area (Å²) in [7, 11) is 0. The molecule has 0 amide bonds. The van der Waals surface area contributed by atoms with Gasteiger partial charge in [-0.1, -0.05) is 26.7 Å². The lowest BCUT2D eigenvalue weighted by Gasteiger charge is -2.20. The SMILES string of the molecule is CC1CCC(CNC2CCCC2C)C1. The highest BCUT2D eigenvalue weighted by atomic mass is 14.9. The largest absolute Gasteiger partial charge is 0.313 e. The molecular formula is C13H25N. The molecule has 2 saturated carbocycles. The molecule has 1 nitrogen and oxygen atoms in total. The van der Waals surface area contributed by atoms with E-state index in [1.54, 1.807) is 0 Å². The summed E-state index contributed by atoms with van der Waals surface area (Å²) < 4.78 is 0. The van der Waals surface area contributed by atoms with E-state index in [9.17, 15) is 0 Å². The van der Waals surface area contributed by atoms with Crippen LogP contribution in [0.3, 0.4) is 0 Å². The van der Waals surface area contributed by atoms with Gasteiger partial charge in [0.2, 0.25) is 0 Å². The summed E-state index contributed by atoms with van der Waals surface area (Å²) in [6, 6.07) is 0.839. The quantitative estimate of drug-likeness (QED) is 0.729. The molecule has 0 heterocycles. The summed E-state index contributed by atoms with van der Waals surface area (Å²) in [5, 5.41) is 3.79. The van der Waals surface area contributed by atoms with E-state index in [2.05, 4.69) is 19.2 Å². The van der Waals surface area contributed by atoms with E-state index in [4.69, 9.17) is 0 Å². The van der Waals surface area contributed by atoms with Crippen LogP contribution in [0.4, 0.5) is 0 Å². The van der Waals surface area contributed by atoms with E-state index in [0.717, 1.165) is 23.8 Å². The predicted molar refractivity (Wildman–Crippen MR) is 61.3 cm³/mol. The summed E-state index contributed by atoms with van der Waals surface area (Å²) in [6.45, 7) is 6.10. The lowest BCUT2D eigenvalue weighted by atomic mass is 10.0. The van der Waals surface area contributed by atoms with Gasteiger partial charge < -0.3 is 5.32 Å². The lowest BCUT2D eigenvalue weighted by molar-refractivity contribution is 0.378. The second kappa shape index (κ2) is 4.65. The lowest BCUT2D eigenvalue weighted by Crippen LogP contribution is -2.34. The molecule has 14 heavy (non-hydrogen) atoms. The third-order valence-electron chi connectivity index (χ3n) is 4.33. The third-order valence-corrected chi connectivity index (χ3v) is 4.33. The van der Waals surface area contributed by atoms with Gasteiger partial charge in [0.05, 0.1) is 0 Å². The van der Waals surface area contributed by atoms with Gasteiger partial charge in [-0.05, 0) is 50.0 Å². The first kappa shape index (κ1) is 10.5. The van der Waals surface area contributed by atoms with Crippen LogP contribution in [0.2, 0.25) is 0 Å². The Hall–Kier alpha value is -0.0400. The summed E-state index contributed by atoms with van der Waals surface area (Å²) in [5.41, 5.74) is 0. The van der Waals surface area contributed by atoms with Crippen LogP contribution in [0.25, 0.3) is 0 Å². The molecule has 0 spiro atoms. The van der Waals surface area contributed by atoms with E-state index in [0.29, 0.717) is 0 Å². The van der Waals surface area contributed by atoms with Crippen molar-refractivity contribution in [1.82, 2.24) is 5.32 Å². The zero-order valence-corrected chi connectivity index (χ0v) is 9.76. The molecule has 2 aliphatic rings. The molecule has 0 bridgehead atoms. The van der Waals surface area contributed by atoms with Gasteiger partial charge in [0.25, 0.3) is 0 Å². The molecule has 4 atom stereocenters. The molecule has 82 valence electrons. The Morgan fingerprint density at radius 1 is 1.07 bits per heavy atom. The van der Waals surface area contributed by atoms with Crippen molar-refractivity contribution in [3.8, 4) is 0 Å². The average molecular weight is 195 g/mol. The van der Waals surface area contributed by atoms with Gasteiger partial charge >= 0.3 is 0 Å². The van der Waals surface area contributed by atoms with Gasteiger partial charge in [-0.3, -0.25) is 0 Å². The molecule has 0 aromatic rings. The van der Waals surface area contributed by atoms with Crippen LogP contribution in [-0.4, -0.2) is 12.6 Å². The molecule has 1 heteroatoms. The Morgan fingerprint density at radius 2 is 1.93 bits per heavy atom. The number of hydrogen-bond acceptors (Lipinski definition) is 1. The van der Waals surface area contributed by atoms with Crippen molar-refractivity contribution in [3.63, 3.8) is 0 Å². The Kier molecular flexibility index (Phi) is 3.48. The Balaban J connectivity index is 1.67. The third kappa shape index (κ3) is 2.50. The van der Waals surface area contributed by atoms with Crippen LogP contribution in [0, 0.1) is 17.8 Å². The van der Waals surface area contributed by atoms with Gasteiger partial charge in [0.1, 0.15) is 0 Å². The fraction of sp³-hybridized carbons (Fsp3) is 1.00. The highest BCUT2D eigenvalue weighted by molar-refractivity contribution is 4.82. The maximum Gasteiger partial charge on any atom is 0.00928 e. The van der Waals surface area contributed by atoms with Crippen molar-refractivity contribution in [1.29, 1.82) is 0 Å². The molecule has 2 fully saturated rings. The van der Waals surface area contributed by atoms with Crippen LogP contribution in [0.1, 0.15) is 52.4 Å². The molecule has 1 N–H and O–H groups in total. The Labute approximate surface area is 88.7 Å². The molecule has 2 rings (SSSR count). The second-order valence-electron chi connectivity index (χ2n) is 5.71. The highest BCUT2D eigenvalue weighted by Gasteiger charge is 2.25. The number of rotatable bonds is 3. The number of nitrogens with one attached hydrogen (secondary N) is 1. The summed E-state index contributed by atoms with van der Waals surface area (Å²) in [4.78, 5) is 0. The van der Waals surface area contributed by atoms with Crippen molar-refractivity contribution in [2.24, 2.45) is 17.8 Å². The first-order chi connectivity index (χ1) is 6.75. The van der Waals surface area contributed by atoms with E-state index in [1.165, 1.54) is 45.1 Å². The molecule has 0 aromatic heterocycles. The van der Waals surface area contributed by atoms with E-state index >= 15 is 0 Å². The smallest absolute Gasteiger partial charge is 0.00928 e. The van der Waals surface area contributed by atoms with Crippen LogP contribution in [0.15, 0.2) is 0 Å². The summed E-state index contributed by atoms with van der Waals surface area (Å²) in [5.74, 6) is 2.90. The van der Waals surface area contributed by atoms with Crippen LogP contribution < -0.4 is 5.32 Å². The first-order valence-electron chi connectivity index (χ1n) is 6.49. The molecule has 0 radical (unpaired) electrons. The molecule has 0 aliphatic heterocycles. The maximum absolute atomic E-state index is 3.79. The van der Waals surface area contributed by atoms with Crippen LogP contribution >= 0.6 is 0 Å². The van der Waals surface area contributed by atoms with Crippen molar-refractivity contribution >= 4 is 0 Å². The van der Waals surface area contributed by atoms with Gasteiger partial charge in [0.15, 0.2) is 0 Å². The highest BCUT2D eigenvalue weighted by Crippen LogP contribution is 2.31. The fourth-order valence-electron chi connectivity index (χ4n) is 3.28. The van der Waals surface area contributed by atoms with Crippen molar-refractivity contribution in [2.45, 2.75) is 58.4 Å². The maximum atomic E-state index is 3.79. The minimum Gasteiger partial charge on any atom is -0.313 e. The average Bonchev–Trinajstić information content (AvgIpc) is 2.72. The molecular weight excluding hydrogens is 170 g/mol. The minimum atomic E-state index is 0.839. The fourth-order valence-corrected chi connectivity index (χ4v) is 3.28. The zero-order chi connectivity index (χ0) is 9.97. The Morgan fingerprint density at radius 3 is 2.50 bits per heavy atom. The molecule has 4 unspecified atom stereocenters. The van der Waals surface area contributed by atoms with Gasteiger partial charge in [0, 0.05) is 6.04 Å². The molecule has 0 saturated heterocycles. The van der Waals surface area contributed by atoms with E-state index in [-0.39, 0.29) is 0 Å². The second-order valence-corrected chi connectivity index (χ2v) is 5.71. The van der Waals surface area contributed by atoms with E-state index in [1.807, 2.05) is 0 Å². The molecule has 0 aromatic carbocycles. The van der Waals surface area contributed by atoms with Crippen LogP contribution in [-0.2, 0) is 0 Å². The standard InChI is InChI=1S/C13H25N/c1-10-6-7-12(8-10)9-14-13-5-3-4-11(13)2/h10-14H,3-9H2,1-2H3. The zero-order valence-electron chi connectivity index (χ0n) is 9.76. The van der Waals surface area contributed by atoms with Gasteiger partial charge in [-0.25, -0.2) is 0 Å². The topological polar surface area (TPSA) is 12.0 Å². The van der Waals surface area contributed by atoms with Crippen molar-refractivity contribution < 1.29 is 0 Å². The predicted octanol–water partition coefficient (Wildman–Crippen LogP) is 3.20. The van der Waals surface area contributed by atoms with Crippen LogP contribution in [0.5, 0.6) is 0 Å². The van der Waals surface area contributed by atoms with E-state index < -0.39 is 0 Å². The van der Waals surface area contributed by atoms with Gasteiger partial charge in [-0.15, -0.1) is 0 Å². The summed E-state index contributed by atoms with van der Waals surface area (Å²) >= 11 is 0. The Bertz CT molecular complexity index is 178. The number of hydrogen-bond donors (Lipinski definition) is 1. The van der Waals surface area contributed by atoms with Crippen molar-refractivity contribution in [3.05, 3.63) is 0 Å². The van der Waals surface area contributed by atoms with Gasteiger partial charge in [-0.2, -0.15) is 0 Å². The summed E-state index contributed by atoms with van der Waals surface area (Å²) in [6.07, 6.45) is 8.71. The minimum absolute atomic E-state index is 0.839. The first-order valence-corrected chi connectivity index (χ1v) is 6.49. The normalized spacial score (nSPS) is 43.3. The molecule has 2 aliphatic carbocycles. The van der Waals surface area contributed by atoms with Crippen molar-refractivity contribution in [2.75, 3.05) is 6.54 Å². The monoisotopic (exact) mass is 195 g/mol.